The van der Waals surface area contributed by atoms with Crippen LogP contribution in [0.15, 0.2) is 23.2 Å². The zero-order chi connectivity index (χ0) is 14.3. The van der Waals surface area contributed by atoms with Crippen molar-refractivity contribution in [3.8, 4) is 0 Å². The molecule has 0 aromatic heterocycles. The number of rotatable bonds is 6. The molecule has 0 bridgehead atoms. The Morgan fingerprint density at radius 1 is 1.26 bits per heavy atom. The van der Waals surface area contributed by atoms with Gasteiger partial charge in [0.1, 0.15) is 0 Å². The molecule has 0 aliphatic rings. The Balaban J connectivity index is 2.39. The highest BCUT2D eigenvalue weighted by Crippen LogP contribution is 2.13. The Labute approximate surface area is 116 Å². The van der Waals surface area contributed by atoms with E-state index in [0.717, 1.165) is 12.3 Å². The van der Waals surface area contributed by atoms with Crippen LogP contribution in [0.5, 0.6) is 0 Å². The van der Waals surface area contributed by atoms with Crippen LogP contribution < -0.4 is 11.1 Å². The average molecular weight is 263 g/mol. The first kappa shape index (κ1) is 15.5. The van der Waals surface area contributed by atoms with Gasteiger partial charge in [0.2, 0.25) is 0 Å². The van der Waals surface area contributed by atoms with E-state index in [9.17, 15) is 0 Å². The molecule has 0 spiro atoms. The fourth-order valence-corrected chi connectivity index (χ4v) is 1.78. The highest BCUT2D eigenvalue weighted by Gasteiger charge is 1.98. The number of benzene rings is 1. The van der Waals surface area contributed by atoms with Crippen molar-refractivity contribution in [3.63, 3.8) is 0 Å². The maximum atomic E-state index is 5.83. The quantitative estimate of drug-likeness (QED) is 0.471. The summed E-state index contributed by atoms with van der Waals surface area (Å²) in [7, 11) is 0. The molecule has 0 amide bonds. The Kier molecular flexibility index (Phi) is 6.36. The average Bonchev–Trinajstić information content (AvgIpc) is 2.26. The first-order chi connectivity index (χ1) is 8.97. The highest BCUT2D eigenvalue weighted by atomic mass is 16.5. The summed E-state index contributed by atoms with van der Waals surface area (Å²) < 4.78 is 5.44. The van der Waals surface area contributed by atoms with Crippen LogP contribution in [-0.2, 0) is 4.74 Å². The second-order valence-electron chi connectivity index (χ2n) is 5.24. The lowest BCUT2D eigenvalue weighted by molar-refractivity contribution is 0.117. The maximum absolute atomic E-state index is 5.83. The van der Waals surface area contributed by atoms with E-state index in [1.54, 1.807) is 0 Å². The standard InChI is InChI=1S/C15H25N3O/c1-11(2)10-19-6-5-17-15(16)18-14-8-12(3)7-13(4)9-14/h7-9,11H,5-6,10H2,1-4H3,(H3,16,17,18). The van der Waals surface area contributed by atoms with Crippen LogP contribution in [0.25, 0.3) is 0 Å². The van der Waals surface area contributed by atoms with Crippen molar-refractivity contribution in [1.82, 2.24) is 0 Å². The van der Waals surface area contributed by atoms with E-state index in [1.165, 1.54) is 11.1 Å². The van der Waals surface area contributed by atoms with Gasteiger partial charge in [-0.05, 0) is 43.0 Å². The molecule has 0 fully saturated rings. The van der Waals surface area contributed by atoms with Crippen molar-refractivity contribution in [2.45, 2.75) is 27.7 Å². The van der Waals surface area contributed by atoms with Crippen molar-refractivity contribution in [3.05, 3.63) is 29.3 Å². The second-order valence-corrected chi connectivity index (χ2v) is 5.24. The third kappa shape index (κ3) is 6.82. The van der Waals surface area contributed by atoms with Crippen molar-refractivity contribution >= 4 is 11.6 Å². The minimum atomic E-state index is 0.429. The van der Waals surface area contributed by atoms with Crippen LogP contribution in [0.4, 0.5) is 5.69 Å². The van der Waals surface area contributed by atoms with Gasteiger partial charge in [-0.2, -0.15) is 0 Å². The number of guanidine groups is 1. The third-order valence-corrected chi connectivity index (χ3v) is 2.46. The van der Waals surface area contributed by atoms with Gasteiger partial charge in [0, 0.05) is 12.3 Å². The Morgan fingerprint density at radius 2 is 1.89 bits per heavy atom. The summed E-state index contributed by atoms with van der Waals surface area (Å²) in [6.07, 6.45) is 0. The lowest BCUT2D eigenvalue weighted by atomic mass is 10.1. The summed E-state index contributed by atoms with van der Waals surface area (Å²) in [5, 5.41) is 3.10. The van der Waals surface area contributed by atoms with Crippen LogP contribution in [0.2, 0.25) is 0 Å². The maximum Gasteiger partial charge on any atom is 0.193 e. The summed E-state index contributed by atoms with van der Waals surface area (Å²) >= 11 is 0. The van der Waals surface area contributed by atoms with Gasteiger partial charge in [-0.15, -0.1) is 0 Å². The van der Waals surface area contributed by atoms with Gasteiger partial charge in [0.15, 0.2) is 5.96 Å². The van der Waals surface area contributed by atoms with Crippen LogP contribution >= 0.6 is 0 Å². The lowest BCUT2D eigenvalue weighted by Gasteiger charge is -2.08. The number of aliphatic imine (C=N–C) groups is 1. The van der Waals surface area contributed by atoms with Crippen LogP contribution in [0.1, 0.15) is 25.0 Å². The van der Waals surface area contributed by atoms with E-state index in [0.29, 0.717) is 25.0 Å². The van der Waals surface area contributed by atoms with Gasteiger partial charge in [-0.25, -0.2) is 0 Å². The molecule has 0 radical (unpaired) electrons. The largest absolute Gasteiger partial charge is 0.379 e. The van der Waals surface area contributed by atoms with E-state index in [2.05, 4.69) is 44.1 Å². The SMILES string of the molecule is Cc1cc(C)cc(NC(N)=NCCOCC(C)C)c1. The molecule has 1 rings (SSSR count). The summed E-state index contributed by atoms with van der Waals surface area (Å²) in [5.74, 6) is 0.980. The number of hydrogen-bond acceptors (Lipinski definition) is 2. The second kappa shape index (κ2) is 7.79. The van der Waals surface area contributed by atoms with Gasteiger partial charge in [-0.1, -0.05) is 19.9 Å². The van der Waals surface area contributed by atoms with E-state index in [1.807, 2.05) is 12.1 Å². The lowest BCUT2D eigenvalue weighted by Crippen LogP contribution is -2.23. The number of aryl methyl sites for hydroxylation is 2. The number of nitrogens with two attached hydrogens (primary N) is 1. The minimum absolute atomic E-state index is 0.429. The van der Waals surface area contributed by atoms with Gasteiger partial charge >= 0.3 is 0 Å². The van der Waals surface area contributed by atoms with Gasteiger partial charge in [-0.3, -0.25) is 4.99 Å². The minimum Gasteiger partial charge on any atom is -0.379 e. The summed E-state index contributed by atoms with van der Waals surface area (Å²) in [4.78, 5) is 4.23. The van der Waals surface area contributed by atoms with Crippen molar-refractivity contribution in [1.29, 1.82) is 0 Å². The molecule has 19 heavy (non-hydrogen) atoms. The number of ether oxygens (including phenoxy) is 1. The summed E-state index contributed by atoms with van der Waals surface area (Å²) in [5.41, 5.74) is 9.21. The molecule has 3 N–H and O–H groups in total. The Morgan fingerprint density at radius 3 is 2.47 bits per heavy atom. The molecule has 0 saturated heterocycles. The first-order valence-electron chi connectivity index (χ1n) is 6.70. The molecule has 1 aromatic carbocycles. The predicted molar refractivity (Wildman–Crippen MR) is 81.7 cm³/mol. The molecule has 4 heteroatoms. The van der Waals surface area contributed by atoms with E-state index in [4.69, 9.17) is 10.5 Å². The van der Waals surface area contributed by atoms with Gasteiger partial charge < -0.3 is 15.8 Å². The molecular formula is C15H25N3O. The Hall–Kier alpha value is -1.55. The summed E-state index contributed by atoms with van der Waals surface area (Å²) in [6, 6.07) is 6.22. The van der Waals surface area contributed by atoms with Crippen molar-refractivity contribution in [2.75, 3.05) is 25.1 Å². The molecule has 0 aliphatic heterocycles. The predicted octanol–water partition coefficient (Wildman–Crippen LogP) is 2.70. The van der Waals surface area contributed by atoms with E-state index in [-0.39, 0.29) is 0 Å². The van der Waals surface area contributed by atoms with Gasteiger partial charge in [0.05, 0.1) is 13.2 Å². The number of nitrogens with one attached hydrogen (secondary N) is 1. The first-order valence-corrected chi connectivity index (χ1v) is 6.70. The number of hydrogen-bond donors (Lipinski definition) is 2. The molecule has 0 aliphatic carbocycles. The zero-order valence-corrected chi connectivity index (χ0v) is 12.4. The monoisotopic (exact) mass is 263 g/mol. The molecule has 1 aromatic rings. The molecule has 0 unspecified atom stereocenters. The molecule has 0 atom stereocenters. The van der Waals surface area contributed by atoms with Crippen LogP contribution in [-0.4, -0.2) is 25.7 Å². The molecular weight excluding hydrogens is 238 g/mol. The van der Waals surface area contributed by atoms with Crippen molar-refractivity contribution in [2.24, 2.45) is 16.6 Å². The fraction of sp³-hybridized carbons (Fsp3) is 0.533. The third-order valence-electron chi connectivity index (χ3n) is 2.46. The highest BCUT2D eigenvalue weighted by molar-refractivity contribution is 5.92. The van der Waals surface area contributed by atoms with E-state index >= 15 is 0 Å². The molecule has 0 saturated carbocycles. The fourth-order valence-electron chi connectivity index (χ4n) is 1.78. The van der Waals surface area contributed by atoms with Gasteiger partial charge in [0.25, 0.3) is 0 Å². The van der Waals surface area contributed by atoms with Crippen LogP contribution in [0, 0.1) is 19.8 Å². The topological polar surface area (TPSA) is 59.6 Å². The van der Waals surface area contributed by atoms with Crippen LogP contribution in [0.3, 0.4) is 0 Å². The van der Waals surface area contributed by atoms with E-state index < -0.39 is 0 Å². The normalized spacial score (nSPS) is 11.9. The molecule has 4 nitrogen and oxygen atoms in total. The number of anilines is 1. The smallest absolute Gasteiger partial charge is 0.193 e. The zero-order valence-electron chi connectivity index (χ0n) is 12.4. The number of nitrogens with zero attached hydrogens (tertiary/aromatic N) is 1. The van der Waals surface area contributed by atoms with Crippen molar-refractivity contribution < 1.29 is 4.74 Å². The summed E-state index contributed by atoms with van der Waals surface area (Å²) in [6.45, 7) is 10.3. The molecule has 106 valence electrons. The molecule has 0 heterocycles. The Bertz CT molecular complexity index is 407.